The van der Waals surface area contributed by atoms with E-state index in [0.29, 0.717) is 11.4 Å². The third kappa shape index (κ3) is 2.09. The Kier molecular flexibility index (Phi) is 2.87. The van der Waals surface area contributed by atoms with Crippen LogP contribution in [0.5, 0.6) is 0 Å². The van der Waals surface area contributed by atoms with Crippen LogP contribution in [0.2, 0.25) is 0 Å². The second kappa shape index (κ2) is 4.70. The number of carbonyl (C=O) groups excluding carboxylic acids is 1. The maximum atomic E-state index is 11.5. The molecule has 0 saturated carbocycles. The van der Waals surface area contributed by atoms with E-state index in [2.05, 4.69) is 9.72 Å². The average molecular weight is 268 g/mol. The molecule has 0 fully saturated rings. The molecular formula is C15H12N2O3. The summed E-state index contributed by atoms with van der Waals surface area (Å²) in [5.41, 5.74) is 8.16. The lowest BCUT2D eigenvalue weighted by Gasteiger charge is -2.00. The molecule has 5 nitrogen and oxygen atoms in total. The lowest BCUT2D eigenvalue weighted by molar-refractivity contribution is 0.0594. The number of benzene rings is 1. The van der Waals surface area contributed by atoms with Crippen molar-refractivity contribution in [1.82, 2.24) is 4.98 Å². The largest absolute Gasteiger partial charge is 0.464 e. The Morgan fingerprint density at radius 2 is 2.10 bits per heavy atom. The van der Waals surface area contributed by atoms with Crippen LogP contribution in [0.3, 0.4) is 0 Å². The number of carbonyl (C=O) groups is 1. The summed E-state index contributed by atoms with van der Waals surface area (Å²) in [6.07, 6.45) is 1.54. The van der Waals surface area contributed by atoms with Crippen LogP contribution in [0.15, 0.2) is 47.0 Å². The van der Waals surface area contributed by atoms with E-state index in [9.17, 15) is 4.79 Å². The van der Waals surface area contributed by atoms with E-state index >= 15 is 0 Å². The summed E-state index contributed by atoms with van der Waals surface area (Å²) in [5, 5.41) is 0.913. The van der Waals surface area contributed by atoms with Crippen molar-refractivity contribution in [2.75, 3.05) is 12.8 Å². The van der Waals surface area contributed by atoms with Crippen LogP contribution in [0, 0.1) is 0 Å². The van der Waals surface area contributed by atoms with Gasteiger partial charge in [-0.25, -0.2) is 9.78 Å². The van der Waals surface area contributed by atoms with Gasteiger partial charge in [0.1, 0.15) is 17.0 Å². The number of anilines is 1. The number of esters is 1. The van der Waals surface area contributed by atoms with Crippen molar-refractivity contribution in [2.24, 2.45) is 0 Å². The van der Waals surface area contributed by atoms with E-state index in [1.54, 1.807) is 24.4 Å². The summed E-state index contributed by atoms with van der Waals surface area (Å²) >= 11 is 0. The van der Waals surface area contributed by atoms with E-state index in [0.717, 1.165) is 16.5 Å². The number of nitrogen functional groups attached to an aromatic ring is 1. The van der Waals surface area contributed by atoms with Gasteiger partial charge in [-0.05, 0) is 36.4 Å². The zero-order valence-corrected chi connectivity index (χ0v) is 10.8. The van der Waals surface area contributed by atoms with Crippen molar-refractivity contribution in [3.63, 3.8) is 0 Å². The van der Waals surface area contributed by atoms with Crippen LogP contribution in [-0.2, 0) is 4.74 Å². The van der Waals surface area contributed by atoms with Gasteiger partial charge in [0.2, 0.25) is 0 Å². The molecule has 0 aliphatic heterocycles. The van der Waals surface area contributed by atoms with Crippen molar-refractivity contribution in [1.29, 1.82) is 0 Å². The van der Waals surface area contributed by atoms with Gasteiger partial charge >= 0.3 is 5.97 Å². The molecule has 3 aromatic rings. The highest BCUT2D eigenvalue weighted by atomic mass is 16.5. The number of hydrogen-bond acceptors (Lipinski definition) is 5. The zero-order valence-electron chi connectivity index (χ0n) is 10.8. The van der Waals surface area contributed by atoms with Crippen LogP contribution in [0.25, 0.3) is 22.3 Å². The molecule has 0 amide bonds. The molecule has 0 radical (unpaired) electrons. The minimum absolute atomic E-state index is 0.241. The molecule has 0 unspecified atom stereocenters. The number of hydrogen-bond donors (Lipinski definition) is 1. The fraction of sp³-hybridized carbons (Fsp3) is 0.0667. The SMILES string of the molecule is COC(=O)c1cc(-c2cc3cc(N)ccc3o2)ccn1. The predicted molar refractivity (Wildman–Crippen MR) is 75.2 cm³/mol. The molecule has 20 heavy (non-hydrogen) atoms. The number of ether oxygens (including phenoxy) is 1. The summed E-state index contributed by atoms with van der Waals surface area (Å²) in [4.78, 5) is 15.4. The van der Waals surface area contributed by atoms with Gasteiger partial charge in [0, 0.05) is 22.8 Å². The molecule has 0 bridgehead atoms. The second-order valence-electron chi connectivity index (χ2n) is 4.33. The number of pyridine rings is 1. The fourth-order valence-corrected chi connectivity index (χ4v) is 2.00. The zero-order chi connectivity index (χ0) is 14.1. The third-order valence-corrected chi connectivity index (χ3v) is 2.98. The number of rotatable bonds is 2. The van der Waals surface area contributed by atoms with Gasteiger partial charge in [0.25, 0.3) is 0 Å². The molecule has 2 heterocycles. The maximum absolute atomic E-state index is 11.5. The first-order valence-corrected chi connectivity index (χ1v) is 6.01. The minimum Gasteiger partial charge on any atom is -0.464 e. The monoisotopic (exact) mass is 268 g/mol. The Hall–Kier alpha value is -2.82. The number of nitrogens with zero attached hydrogens (tertiary/aromatic N) is 1. The van der Waals surface area contributed by atoms with E-state index in [-0.39, 0.29) is 5.69 Å². The van der Waals surface area contributed by atoms with E-state index in [1.807, 2.05) is 18.2 Å². The molecule has 0 aliphatic rings. The second-order valence-corrected chi connectivity index (χ2v) is 4.33. The number of methoxy groups -OCH3 is 1. The average Bonchev–Trinajstić information content (AvgIpc) is 2.89. The van der Waals surface area contributed by atoms with Crippen molar-refractivity contribution in [2.45, 2.75) is 0 Å². The van der Waals surface area contributed by atoms with E-state index in [4.69, 9.17) is 10.2 Å². The number of nitrogens with two attached hydrogens (primary N) is 1. The highest BCUT2D eigenvalue weighted by Gasteiger charge is 2.11. The summed E-state index contributed by atoms with van der Waals surface area (Å²) in [6, 6.07) is 10.7. The lowest BCUT2D eigenvalue weighted by Crippen LogP contribution is -2.03. The first-order chi connectivity index (χ1) is 9.67. The quantitative estimate of drug-likeness (QED) is 0.571. The number of aromatic nitrogens is 1. The molecule has 100 valence electrons. The van der Waals surface area contributed by atoms with Gasteiger partial charge < -0.3 is 14.9 Å². The van der Waals surface area contributed by atoms with Crippen LogP contribution in [0.4, 0.5) is 5.69 Å². The standard InChI is InChI=1S/C15H12N2O3/c1-19-15(18)12-7-9(4-5-17-12)14-8-10-6-11(16)2-3-13(10)20-14/h2-8H,16H2,1H3. The molecular weight excluding hydrogens is 256 g/mol. The van der Waals surface area contributed by atoms with Crippen molar-refractivity contribution in [3.05, 3.63) is 48.3 Å². The number of fused-ring (bicyclic) bond motifs is 1. The Morgan fingerprint density at radius 3 is 2.90 bits per heavy atom. The molecule has 0 aliphatic carbocycles. The maximum Gasteiger partial charge on any atom is 0.356 e. The Bertz CT molecular complexity index is 793. The topological polar surface area (TPSA) is 78.4 Å². The Balaban J connectivity index is 2.08. The molecule has 0 spiro atoms. The van der Waals surface area contributed by atoms with Crippen molar-refractivity contribution < 1.29 is 13.9 Å². The van der Waals surface area contributed by atoms with Gasteiger partial charge in [-0.15, -0.1) is 0 Å². The van der Waals surface area contributed by atoms with Gasteiger partial charge in [0.05, 0.1) is 7.11 Å². The summed E-state index contributed by atoms with van der Waals surface area (Å²) in [6.45, 7) is 0. The van der Waals surface area contributed by atoms with Gasteiger partial charge in [-0.3, -0.25) is 0 Å². The van der Waals surface area contributed by atoms with Crippen molar-refractivity contribution >= 4 is 22.6 Å². The Morgan fingerprint density at radius 1 is 1.25 bits per heavy atom. The molecule has 0 saturated heterocycles. The number of furan rings is 1. The van der Waals surface area contributed by atoms with E-state index in [1.165, 1.54) is 7.11 Å². The third-order valence-electron chi connectivity index (χ3n) is 2.98. The summed E-state index contributed by atoms with van der Waals surface area (Å²) < 4.78 is 10.4. The predicted octanol–water partition coefficient (Wildman–Crippen LogP) is 2.86. The van der Waals surface area contributed by atoms with E-state index < -0.39 is 5.97 Å². The first kappa shape index (κ1) is 12.2. The fourth-order valence-electron chi connectivity index (χ4n) is 2.00. The van der Waals surface area contributed by atoms with Crippen LogP contribution in [0.1, 0.15) is 10.5 Å². The lowest BCUT2D eigenvalue weighted by atomic mass is 10.1. The molecule has 3 rings (SSSR count). The minimum atomic E-state index is -0.479. The highest BCUT2D eigenvalue weighted by molar-refractivity contribution is 5.90. The summed E-state index contributed by atoms with van der Waals surface area (Å²) in [7, 11) is 1.32. The normalized spacial score (nSPS) is 10.7. The summed E-state index contributed by atoms with van der Waals surface area (Å²) in [5.74, 6) is 0.172. The molecule has 0 atom stereocenters. The van der Waals surface area contributed by atoms with Crippen LogP contribution >= 0.6 is 0 Å². The van der Waals surface area contributed by atoms with Crippen LogP contribution < -0.4 is 5.73 Å². The Labute approximate surface area is 115 Å². The van der Waals surface area contributed by atoms with Gasteiger partial charge in [-0.1, -0.05) is 0 Å². The molecule has 1 aromatic carbocycles. The smallest absolute Gasteiger partial charge is 0.356 e. The van der Waals surface area contributed by atoms with Crippen LogP contribution in [-0.4, -0.2) is 18.1 Å². The van der Waals surface area contributed by atoms with Crippen molar-refractivity contribution in [3.8, 4) is 11.3 Å². The van der Waals surface area contributed by atoms with Gasteiger partial charge in [0.15, 0.2) is 0 Å². The molecule has 5 heteroatoms. The molecule has 2 N–H and O–H groups in total. The molecule has 2 aromatic heterocycles. The van der Waals surface area contributed by atoms with Gasteiger partial charge in [-0.2, -0.15) is 0 Å². The first-order valence-electron chi connectivity index (χ1n) is 6.01. The highest BCUT2D eigenvalue weighted by Crippen LogP contribution is 2.29.